The molecule has 13 heavy (non-hydrogen) atoms. The van der Waals surface area contributed by atoms with Crippen LogP contribution in [0.3, 0.4) is 0 Å². The second kappa shape index (κ2) is 3.44. The van der Waals surface area contributed by atoms with Crippen LogP contribution in [0.25, 0.3) is 0 Å². The Hall–Kier alpha value is -0.920. The summed E-state index contributed by atoms with van der Waals surface area (Å²) in [6.07, 6.45) is 7.36. The van der Waals surface area contributed by atoms with Crippen LogP contribution in [0.4, 0.5) is 0 Å². The fourth-order valence-corrected chi connectivity index (χ4v) is 2.20. The van der Waals surface area contributed by atoms with E-state index in [4.69, 9.17) is 0 Å². The number of nitrogens with zero attached hydrogens (tertiary/aromatic N) is 2. The minimum Gasteiger partial charge on any atom is -0.245 e. The van der Waals surface area contributed by atoms with Crippen molar-refractivity contribution < 1.29 is 0 Å². The number of hydrogen-bond acceptors (Lipinski definition) is 2. The minimum atomic E-state index is 0.719. The highest BCUT2D eigenvalue weighted by Crippen LogP contribution is 2.35. The van der Waals surface area contributed by atoms with E-state index >= 15 is 0 Å². The molecule has 1 heterocycles. The Morgan fingerprint density at radius 2 is 2.38 bits per heavy atom. The average molecular weight is 176 g/mol. The molecule has 2 heteroatoms. The van der Waals surface area contributed by atoms with Crippen LogP contribution < -0.4 is 0 Å². The Labute approximate surface area is 79.4 Å². The zero-order valence-electron chi connectivity index (χ0n) is 8.33. The van der Waals surface area contributed by atoms with E-state index in [2.05, 4.69) is 23.8 Å². The van der Waals surface area contributed by atoms with Crippen molar-refractivity contribution in [1.82, 2.24) is 9.97 Å². The van der Waals surface area contributed by atoms with Gasteiger partial charge in [0.25, 0.3) is 0 Å². The molecule has 0 saturated heterocycles. The van der Waals surface area contributed by atoms with Gasteiger partial charge in [-0.3, -0.25) is 0 Å². The molecule has 0 N–H and O–H groups in total. The van der Waals surface area contributed by atoms with Crippen molar-refractivity contribution >= 4 is 0 Å². The summed E-state index contributed by atoms with van der Waals surface area (Å²) in [7, 11) is 0. The standard InChI is InChI=1S/C11H16N2/c1-8(2)5-9-3-4-11-10(9)6-12-7-13-11/h6-9H,3-5H2,1-2H3. The average Bonchev–Trinajstić information content (AvgIpc) is 2.48. The molecule has 0 aliphatic heterocycles. The Bertz CT molecular complexity index is 294. The van der Waals surface area contributed by atoms with Gasteiger partial charge >= 0.3 is 0 Å². The third kappa shape index (κ3) is 1.71. The van der Waals surface area contributed by atoms with Crippen LogP contribution in [0, 0.1) is 5.92 Å². The molecule has 1 aromatic heterocycles. The molecule has 0 spiro atoms. The fraction of sp³-hybridized carbons (Fsp3) is 0.636. The Kier molecular flexibility index (Phi) is 2.30. The number of fused-ring (bicyclic) bond motifs is 1. The molecule has 0 radical (unpaired) electrons. The maximum atomic E-state index is 4.31. The maximum absolute atomic E-state index is 4.31. The van der Waals surface area contributed by atoms with Crippen LogP contribution in [0.5, 0.6) is 0 Å². The first-order valence-electron chi connectivity index (χ1n) is 5.06. The molecule has 0 amide bonds. The molecule has 0 fully saturated rings. The van der Waals surface area contributed by atoms with E-state index in [0.717, 1.165) is 18.3 Å². The summed E-state index contributed by atoms with van der Waals surface area (Å²) < 4.78 is 0. The summed E-state index contributed by atoms with van der Waals surface area (Å²) in [5, 5.41) is 0. The highest BCUT2D eigenvalue weighted by atomic mass is 14.8. The summed E-state index contributed by atoms with van der Waals surface area (Å²) in [5.41, 5.74) is 2.68. The maximum Gasteiger partial charge on any atom is 0.115 e. The Morgan fingerprint density at radius 1 is 1.54 bits per heavy atom. The largest absolute Gasteiger partial charge is 0.245 e. The third-order valence-corrected chi connectivity index (χ3v) is 2.75. The van der Waals surface area contributed by atoms with Gasteiger partial charge in [0.2, 0.25) is 0 Å². The lowest BCUT2D eigenvalue weighted by Crippen LogP contribution is -1.99. The van der Waals surface area contributed by atoms with Gasteiger partial charge in [-0.2, -0.15) is 0 Å². The van der Waals surface area contributed by atoms with E-state index in [9.17, 15) is 0 Å². The van der Waals surface area contributed by atoms with Crippen LogP contribution in [-0.4, -0.2) is 9.97 Å². The van der Waals surface area contributed by atoms with Gasteiger partial charge in [-0.1, -0.05) is 13.8 Å². The van der Waals surface area contributed by atoms with Crippen molar-refractivity contribution in [2.24, 2.45) is 5.92 Å². The van der Waals surface area contributed by atoms with E-state index in [-0.39, 0.29) is 0 Å². The van der Waals surface area contributed by atoms with E-state index in [0.29, 0.717) is 0 Å². The van der Waals surface area contributed by atoms with Gasteiger partial charge in [-0.25, -0.2) is 9.97 Å². The molecule has 0 saturated carbocycles. The first-order chi connectivity index (χ1) is 6.27. The lowest BCUT2D eigenvalue weighted by atomic mass is 9.93. The molecule has 0 aromatic carbocycles. The lowest BCUT2D eigenvalue weighted by Gasteiger charge is -2.12. The number of hydrogen-bond donors (Lipinski definition) is 0. The van der Waals surface area contributed by atoms with E-state index < -0.39 is 0 Å². The predicted octanol–water partition coefficient (Wildman–Crippen LogP) is 2.55. The van der Waals surface area contributed by atoms with Crippen molar-refractivity contribution in [3.63, 3.8) is 0 Å². The van der Waals surface area contributed by atoms with Crippen molar-refractivity contribution in [2.75, 3.05) is 0 Å². The second-order valence-electron chi connectivity index (χ2n) is 4.29. The summed E-state index contributed by atoms with van der Waals surface area (Å²) in [6, 6.07) is 0. The Balaban J connectivity index is 2.18. The summed E-state index contributed by atoms with van der Waals surface area (Å²) in [6.45, 7) is 4.56. The van der Waals surface area contributed by atoms with Crippen LogP contribution in [-0.2, 0) is 6.42 Å². The zero-order valence-corrected chi connectivity index (χ0v) is 8.33. The van der Waals surface area contributed by atoms with Gasteiger partial charge in [0.05, 0.1) is 0 Å². The first kappa shape index (κ1) is 8.67. The van der Waals surface area contributed by atoms with Crippen molar-refractivity contribution in [1.29, 1.82) is 0 Å². The second-order valence-corrected chi connectivity index (χ2v) is 4.29. The van der Waals surface area contributed by atoms with Gasteiger partial charge in [0, 0.05) is 11.9 Å². The van der Waals surface area contributed by atoms with E-state index in [1.165, 1.54) is 24.1 Å². The van der Waals surface area contributed by atoms with Crippen molar-refractivity contribution in [3.05, 3.63) is 23.8 Å². The van der Waals surface area contributed by atoms with Gasteiger partial charge < -0.3 is 0 Å². The minimum absolute atomic E-state index is 0.719. The monoisotopic (exact) mass is 176 g/mol. The highest BCUT2D eigenvalue weighted by Gasteiger charge is 2.23. The number of aromatic nitrogens is 2. The normalized spacial score (nSPS) is 20.7. The lowest BCUT2D eigenvalue weighted by molar-refractivity contribution is 0.496. The first-order valence-corrected chi connectivity index (χ1v) is 5.06. The molecule has 1 aromatic rings. The quantitative estimate of drug-likeness (QED) is 0.692. The summed E-state index contributed by atoms with van der Waals surface area (Å²) >= 11 is 0. The molecule has 2 nitrogen and oxygen atoms in total. The predicted molar refractivity (Wildman–Crippen MR) is 52.5 cm³/mol. The number of aryl methyl sites for hydroxylation is 1. The molecule has 1 aliphatic carbocycles. The molecule has 1 atom stereocenters. The van der Waals surface area contributed by atoms with Gasteiger partial charge in [0.15, 0.2) is 0 Å². The Morgan fingerprint density at radius 3 is 3.15 bits per heavy atom. The van der Waals surface area contributed by atoms with Gasteiger partial charge in [0.1, 0.15) is 6.33 Å². The van der Waals surface area contributed by atoms with Crippen LogP contribution in [0.1, 0.15) is 43.9 Å². The fourth-order valence-electron chi connectivity index (χ4n) is 2.20. The van der Waals surface area contributed by atoms with E-state index in [1.54, 1.807) is 6.33 Å². The van der Waals surface area contributed by atoms with Crippen molar-refractivity contribution in [2.45, 2.75) is 39.0 Å². The third-order valence-electron chi connectivity index (χ3n) is 2.75. The molecular weight excluding hydrogens is 160 g/mol. The van der Waals surface area contributed by atoms with Crippen molar-refractivity contribution in [3.8, 4) is 0 Å². The molecule has 1 aliphatic rings. The zero-order chi connectivity index (χ0) is 9.26. The highest BCUT2D eigenvalue weighted by molar-refractivity contribution is 5.26. The topological polar surface area (TPSA) is 25.8 Å². The molecule has 2 rings (SSSR count). The van der Waals surface area contributed by atoms with E-state index in [1.807, 2.05) is 6.20 Å². The van der Waals surface area contributed by atoms with Crippen LogP contribution in [0.2, 0.25) is 0 Å². The van der Waals surface area contributed by atoms with Crippen LogP contribution >= 0.6 is 0 Å². The molecule has 1 unspecified atom stereocenters. The summed E-state index contributed by atoms with van der Waals surface area (Å²) in [4.78, 5) is 8.41. The van der Waals surface area contributed by atoms with Crippen LogP contribution in [0.15, 0.2) is 12.5 Å². The molecule has 70 valence electrons. The molecular formula is C11H16N2. The number of rotatable bonds is 2. The van der Waals surface area contributed by atoms with Gasteiger partial charge in [-0.05, 0) is 36.7 Å². The SMILES string of the molecule is CC(C)CC1CCc2ncncc21. The molecule has 0 bridgehead atoms. The summed E-state index contributed by atoms with van der Waals surface area (Å²) in [5.74, 6) is 1.49. The smallest absolute Gasteiger partial charge is 0.115 e. The van der Waals surface area contributed by atoms with Gasteiger partial charge in [-0.15, -0.1) is 0 Å².